The van der Waals surface area contributed by atoms with Gasteiger partial charge in [-0.15, -0.1) is 0 Å². The molecule has 1 aliphatic rings. The van der Waals surface area contributed by atoms with Gasteiger partial charge in [0.05, 0.1) is 0 Å². The van der Waals surface area contributed by atoms with Crippen LogP contribution >= 0.6 is 23.2 Å². The van der Waals surface area contributed by atoms with E-state index in [9.17, 15) is 0 Å². The van der Waals surface area contributed by atoms with Gasteiger partial charge in [-0.25, -0.2) is 0 Å². The minimum absolute atomic E-state index is 0.621. The van der Waals surface area contributed by atoms with Crippen LogP contribution in [0.5, 0.6) is 0 Å². The Labute approximate surface area is 200 Å². The maximum absolute atomic E-state index is 7.50. The van der Waals surface area contributed by atoms with Crippen molar-refractivity contribution in [3.05, 3.63) is 132 Å². The predicted octanol–water partition coefficient (Wildman–Crippen LogP) is 6.28. The lowest BCUT2D eigenvalue weighted by Crippen LogP contribution is -2.70. The molecule has 4 aromatic carbocycles. The molecule has 5 rings (SSSR count). The molecule has 0 radical (unpaired) electrons. The van der Waals surface area contributed by atoms with Crippen LogP contribution in [0.4, 0.5) is 0 Å². The van der Waals surface area contributed by atoms with E-state index < -0.39 is 18.3 Å². The summed E-state index contributed by atoms with van der Waals surface area (Å²) in [5.41, 5.74) is 0.939. The molecule has 0 amide bonds. The van der Waals surface area contributed by atoms with Crippen LogP contribution < -0.4 is 10.4 Å². The van der Waals surface area contributed by atoms with Crippen LogP contribution in [0.2, 0.25) is 6.04 Å². The highest BCUT2D eigenvalue weighted by atomic mass is 35.5. The Morgan fingerprint density at radius 2 is 0.938 bits per heavy atom. The Balaban J connectivity index is 1.82. The van der Waals surface area contributed by atoms with Crippen molar-refractivity contribution >= 4 is 41.9 Å². The van der Waals surface area contributed by atoms with Crippen molar-refractivity contribution < 1.29 is 4.43 Å². The summed E-state index contributed by atoms with van der Waals surface area (Å²) in [6.45, 7) is 0. The van der Waals surface area contributed by atoms with E-state index in [-0.39, 0.29) is 0 Å². The predicted molar refractivity (Wildman–Crippen MR) is 137 cm³/mol. The monoisotopic (exact) mass is 474 g/mol. The first-order valence-corrected chi connectivity index (χ1v) is 13.8. The number of alkyl halides is 2. The lowest BCUT2D eigenvalue weighted by atomic mass is 9.82. The van der Waals surface area contributed by atoms with Crippen LogP contribution in [-0.4, -0.2) is 12.7 Å². The van der Waals surface area contributed by atoms with Crippen molar-refractivity contribution in [2.24, 2.45) is 0 Å². The summed E-state index contributed by atoms with van der Waals surface area (Å²) >= 11 is 14.5. The largest absolute Gasteiger partial charge is 0.391 e. The quantitative estimate of drug-likeness (QED) is 0.249. The van der Waals surface area contributed by atoms with E-state index in [0.29, 0.717) is 6.42 Å². The van der Waals surface area contributed by atoms with Gasteiger partial charge < -0.3 is 4.43 Å². The topological polar surface area (TPSA) is 9.23 Å². The number of hydrogen-bond acceptors (Lipinski definition) is 1. The second-order valence-corrected chi connectivity index (χ2v) is 13.3. The molecule has 0 unspecified atom stereocenters. The van der Waals surface area contributed by atoms with Crippen molar-refractivity contribution in [2.75, 3.05) is 0 Å². The first-order valence-electron chi connectivity index (χ1n) is 10.9. The first-order chi connectivity index (χ1) is 15.6. The number of rotatable bonds is 4. The van der Waals surface area contributed by atoms with Gasteiger partial charge in [-0.05, 0) is 34.0 Å². The minimum atomic E-state index is -2.69. The Bertz CT molecular complexity index is 1090. The number of benzene rings is 4. The lowest BCUT2D eigenvalue weighted by Gasteiger charge is -2.54. The van der Waals surface area contributed by atoms with E-state index in [1.165, 1.54) is 10.4 Å². The van der Waals surface area contributed by atoms with Gasteiger partial charge in [-0.2, -0.15) is 0 Å². The standard InChI is InChI=1S/C28H24Cl2OSi/c29-27(30)21-22-32(25-17-9-3-10-18-25,26-19-11-4-12-20-26)31-28(27,23-13-5-1-6-14-23)24-15-7-2-8-16-24/h1-20H,21-22H2. The normalized spacial score (nSPS) is 18.7. The van der Waals surface area contributed by atoms with Crippen LogP contribution in [0.3, 0.4) is 0 Å². The van der Waals surface area contributed by atoms with E-state index >= 15 is 0 Å². The van der Waals surface area contributed by atoms with Crippen LogP contribution in [0.15, 0.2) is 121 Å². The third-order valence-corrected chi connectivity index (χ3v) is 11.5. The number of hydrogen-bond donors (Lipinski definition) is 0. The smallest absolute Gasteiger partial charge is 0.257 e. The molecular formula is C28H24Cl2OSi. The molecule has 0 N–H and O–H groups in total. The molecular weight excluding hydrogens is 451 g/mol. The molecule has 0 bridgehead atoms. The second kappa shape index (κ2) is 8.53. The second-order valence-electron chi connectivity index (χ2n) is 8.28. The molecule has 1 aliphatic heterocycles. The highest BCUT2D eigenvalue weighted by molar-refractivity contribution is 6.97. The Hall–Kier alpha value is -2.36. The van der Waals surface area contributed by atoms with E-state index in [4.69, 9.17) is 27.6 Å². The van der Waals surface area contributed by atoms with Crippen LogP contribution in [0, 0.1) is 0 Å². The third kappa shape index (κ3) is 3.43. The highest BCUT2D eigenvalue weighted by Gasteiger charge is 2.62. The van der Waals surface area contributed by atoms with E-state index in [2.05, 4.69) is 84.9 Å². The van der Waals surface area contributed by atoms with Gasteiger partial charge >= 0.3 is 0 Å². The molecule has 32 heavy (non-hydrogen) atoms. The van der Waals surface area contributed by atoms with Gasteiger partial charge in [-0.3, -0.25) is 0 Å². The Morgan fingerprint density at radius 1 is 0.562 bits per heavy atom. The summed E-state index contributed by atoms with van der Waals surface area (Å²) in [5, 5.41) is 2.46. The lowest BCUT2D eigenvalue weighted by molar-refractivity contribution is 0.0668. The molecule has 1 saturated heterocycles. The zero-order valence-electron chi connectivity index (χ0n) is 17.6. The van der Waals surface area contributed by atoms with Gasteiger partial charge in [0.1, 0.15) is 5.60 Å². The van der Waals surface area contributed by atoms with Crippen molar-refractivity contribution in [1.82, 2.24) is 0 Å². The fourth-order valence-electron chi connectivity index (χ4n) is 4.94. The summed E-state index contributed by atoms with van der Waals surface area (Å²) in [6.07, 6.45) is 0.621. The van der Waals surface area contributed by atoms with E-state index in [0.717, 1.165) is 17.2 Å². The molecule has 160 valence electrons. The number of halogens is 2. The molecule has 4 aromatic rings. The zero-order chi connectivity index (χ0) is 22.1. The average Bonchev–Trinajstić information content (AvgIpc) is 2.86. The molecule has 0 aliphatic carbocycles. The highest BCUT2D eigenvalue weighted by Crippen LogP contribution is 2.56. The molecule has 0 aromatic heterocycles. The molecule has 1 fully saturated rings. The summed E-state index contributed by atoms with van der Waals surface area (Å²) < 4.78 is 6.37. The molecule has 1 heterocycles. The van der Waals surface area contributed by atoms with Crippen molar-refractivity contribution in [3.63, 3.8) is 0 Å². The Morgan fingerprint density at radius 3 is 1.34 bits per heavy atom. The van der Waals surface area contributed by atoms with Gasteiger partial charge in [-0.1, -0.05) is 145 Å². The van der Waals surface area contributed by atoms with Crippen molar-refractivity contribution in [2.45, 2.75) is 22.4 Å². The maximum Gasteiger partial charge on any atom is 0.257 e. The molecule has 1 nitrogen and oxygen atoms in total. The fraction of sp³-hybridized carbons (Fsp3) is 0.143. The summed E-state index contributed by atoms with van der Waals surface area (Å²) in [4.78, 5) is 0. The van der Waals surface area contributed by atoms with Gasteiger partial charge in [0.15, 0.2) is 4.33 Å². The molecule has 0 atom stereocenters. The Kier molecular flexibility index (Phi) is 5.73. The molecule has 0 spiro atoms. The third-order valence-electron chi connectivity index (χ3n) is 6.47. The SMILES string of the molecule is ClC1(Cl)CC[Si](c2ccccc2)(c2ccccc2)OC1(c1ccccc1)c1ccccc1. The van der Waals surface area contributed by atoms with Crippen molar-refractivity contribution in [1.29, 1.82) is 0 Å². The molecule has 4 heteroatoms. The van der Waals surface area contributed by atoms with Crippen LogP contribution in [0.1, 0.15) is 17.5 Å². The van der Waals surface area contributed by atoms with Crippen molar-refractivity contribution in [3.8, 4) is 0 Å². The first kappa shape index (κ1) is 21.5. The average molecular weight is 475 g/mol. The maximum atomic E-state index is 7.50. The van der Waals surface area contributed by atoms with Gasteiger partial charge in [0.25, 0.3) is 8.32 Å². The molecule has 0 saturated carbocycles. The minimum Gasteiger partial charge on any atom is -0.391 e. The summed E-state index contributed by atoms with van der Waals surface area (Å²) in [7, 11) is -2.69. The summed E-state index contributed by atoms with van der Waals surface area (Å²) in [6, 6.07) is 42.4. The summed E-state index contributed by atoms with van der Waals surface area (Å²) in [5.74, 6) is 0. The van der Waals surface area contributed by atoms with Crippen LogP contribution in [-0.2, 0) is 10.0 Å². The van der Waals surface area contributed by atoms with Gasteiger partial charge in [0, 0.05) is 0 Å². The van der Waals surface area contributed by atoms with E-state index in [1.54, 1.807) is 0 Å². The van der Waals surface area contributed by atoms with E-state index in [1.807, 2.05) is 36.4 Å². The zero-order valence-corrected chi connectivity index (χ0v) is 20.1. The van der Waals surface area contributed by atoms with Gasteiger partial charge in [0.2, 0.25) is 0 Å². The van der Waals surface area contributed by atoms with Crippen LogP contribution in [0.25, 0.3) is 0 Å². The fourth-order valence-corrected chi connectivity index (χ4v) is 10.5.